The van der Waals surface area contributed by atoms with Crippen molar-refractivity contribution in [3.8, 4) is 28.0 Å². The van der Waals surface area contributed by atoms with Crippen molar-refractivity contribution >= 4 is 28.7 Å². The quantitative estimate of drug-likeness (QED) is 0.319. The summed E-state index contributed by atoms with van der Waals surface area (Å²) in [6, 6.07) is 12.1. The Bertz CT molecular complexity index is 1510. The molecule has 2 aromatic heterocycles. The van der Waals surface area contributed by atoms with Gasteiger partial charge in [0.2, 0.25) is 0 Å². The summed E-state index contributed by atoms with van der Waals surface area (Å²) in [4.78, 5) is 36.4. The van der Waals surface area contributed by atoms with Crippen LogP contribution in [0.4, 0.5) is 14.9 Å². The van der Waals surface area contributed by atoms with E-state index in [-0.39, 0.29) is 11.3 Å². The molecule has 1 aliphatic rings. The van der Waals surface area contributed by atoms with Gasteiger partial charge in [0.05, 0.1) is 18.4 Å². The molecule has 0 spiro atoms. The molecule has 1 aliphatic heterocycles. The minimum absolute atomic E-state index is 0.0756. The number of carbonyl (C=O) groups is 2. The number of carbonyl (C=O) groups excluding carboxylic acids is 2. The lowest BCUT2D eigenvalue weighted by molar-refractivity contribution is 0.0828. The third-order valence-corrected chi connectivity index (χ3v) is 6.61. The van der Waals surface area contributed by atoms with E-state index in [9.17, 15) is 9.59 Å². The molecule has 3 N–H and O–H groups in total. The van der Waals surface area contributed by atoms with E-state index in [2.05, 4.69) is 20.6 Å². The number of likely N-dealkylation sites (tertiary alicyclic amines) is 1. The van der Waals surface area contributed by atoms with Gasteiger partial charge in [-0.3, -0.25) is 4.79 Å². The number of amides is 3. The Labute approximate surface area is 233 Å². The maximum Gasteiger partial charge on any atom is 0.321 e. The molecular formula is C30H35FN6O3. The zero-order valence-electron chi connectivity index (χ0n) is 23.5. The van der Waals surface area contributed by atoms with E-state index in [1.807, 2.05) is 50.6 Å². The summed E-state index contributed by atoms with van der Waals surface area (Å²) < 4.78 is 21.0. The van der Waals surface area contributed by atoms with E-state index in [0.29, 0.717) is 29.9 Å². The van der Waals surface area contributed by atoms with Crippen LogP contribution in [0.2, 0.25) is 0 Å². The van der Waals surface area contributed by atoms with E-state index in [0.717, 1.165) is 35.1 Å². The highest BCUT2D eigenvalue weighted by Gasteiger charge is 2.25. The van der Waals surface area contributed by atoms with E-state index in [1.165, 1.54) is 11.0 Å². The van der Waals surface area contributed by atoms with Gasteiger partial charge in [-0.15, -0.1) is 0 Å². The molecule has 0 bridgehead atoms. The zero-order chi connectivity index (χ0) is 28.8. The molecule has 0 unspecified atom stereocenters. The number of nitrogens with zero attached hydrogens (tertiary/aromatic N) is 3. The third kappa shape index (κ3) is 5.91. The van der Waals surface area contributed by atoms with Gasteiger partial charge in [0.25, 0.3) is 5.91 Å². The van der Waals surface area contributed by atoms with Gasteiger partial charge in [0.15, 0.2) is 0 Å². The number of ether oxygens (including phenoxy) is 1. The highest BCUT2D eigenvalue weighted by atomic mass is 19.1. The molecule has 1 saturated heterocycles. The number of pyridine rings is 1. The fraction of sp³-hybridized carbons (Fsp3) is 0.300. The van der Waals surface area contributed by atoms with Crippen LogP contribution in [0, 0.1) is 5.82 Å². The Kier molecular flexibility index (Phi) is 9.00. The number of anilines is 1. The smallest absolute Gasteiger partial charge is 0.321 e. The van der Waals surface area contributed by atoms with Crippen LogP contribution in [0.15, 0.2) is 54.9 Å². The van der Waals surface area contributed by atoms with Gasteiger partial charge in [-0.2, -0.15) is 0 Å². The lowest BCUT2D eigenvalue weighted by Gasteiger charge is -2.20. The van der Waals surface area contributed by atoms with Crippen molar-refractivity contribution in [3.05, 3.63) is 66.2 Å². The summed E-state index contributed by atoms with van der Waals surface area (Å²) in [5.41, 5.74) is 3.52. The number of hydrogen-bond acceptors (Lipinski definition) is 5. The van der Waals surface area contributed by atoms with Crippen LogP contribution < -0.4 is 15.4 Å². The van der Waals surface area contributed by atoms with Crippen molar-refractivity contribution in [3.63, 3.8) is 0 Å². The molecule has 0 aliphatic carbocycles. The van der Waals surface area contributed by atoms with Crippen molar-refractivity contribution in [1.82, 2.24) is 25.1 Å². The van der Waals surface area contributed by atoms with Crippen molar-refractivity contribution in [2.45, 2.75) is 12.8 Å². The lowest BCUT2D eigenvalue weighted by atomic mass is 9.99. The van der Waals surface area contributed by atoms with Crippen LogP contribution in [0.25, 0.3) is 33.3 Å². The number of para-hydroxylation sites is 1. The summed E-state index contributed by atoms with van der Waals surface area (Å²) in [5, 5.41) is 6.21. The Morgan fingerprint density at radius 1 is 1.05 bits per heavy atom. The standard InChI is InChI=1S/C28H28FN5O3.C2H7N/c1-33(2)27(35)21-12-17(14-23(29)25(21)32-28(36)34-10-6-7-11-34)18-13-20-22(16-31-26(20)30-15-18)19-8-4-5-9-24(19)37-3;1-3-2/h4-5,8-9,12-16H,6-7,10-11H2,1-3H3,(H,30,31)(H,32,36);3H,1-2H3. The van der Waals surface area contributed by atoms with E-state index in [4.69, 9.17) is 4.74 Å². The van der Waals surface area contributed by atoms with Crippen molar-refractivity contribution in [2.75, 3.05) is 53.7 Å². The topological polar surface area (TPSA) is 103 Å². The predicted octanol–water partition coefficient (Wildman–Crippen LogP) is 5.21. The summed E-state index contributed by atoms with van der Waals surface area (Å²) >= 11 is 0. The molecule has 0 radical (unpaired) electrons. The number of urea groups is 1. The van der Waals surface area contributed by atoms with E-state index in [1.54, 1.807) is 38.4 Å². The summed E-state index contributed by atoms with van der Waals surface area (Å²) in [7, 11) is 8.55. The molecule has 5 rings (SSSR count). The Hall–Kier alpha value is -4.44. The number of halogens is 1. The third-order valence-electron chi connectivity index (χ3n) is 6.61. The first-order chi connectivity index (χ1) is 19.3. The second kappa shape index (κ2) is 12.6. The van der Waals surface area contributed by atoms with Crippen molar-refractivity contribution < 1.29 is 18.7 Å². The van der Waals surface area contributed by atoms with E-state index < -0.39 is 17.8 Å². The number of aromatic nitrogens is 2. The molecule has 9 nitrogen and oxygen atoms in total. The SMILES string of the molecule is CNC.COc1ccccc1-c1c[nH]c2ncc(-c3cc(F)c(NC(=O)N4CCCC4)c(C(=O)N(C)C)c3)cc12. The van der Waals surface area contributed by atoms with Gasteiger partial charge in [-0.1, -0.05) is 18.2 Å². The molecule has 3 heterocycles. The van der Waals surface area contributed by atoms with Gasteiger partial charge >= 0.3 is 6.03 Å². The predicted molar refractivity (Wildman–Crippen MR) is 156 cm³/mol. The number of H-pyrrole nitrogens is 1. The van der Waals surface area contributed by atoms with Crippen LogP contribution in [0.5, 0.6) is 5.75 Å². The molecule has 0 atom stereocenters. The number of methoxy groups -OCH3 is 1. The first-order valence-corrected chi connectivity index (χ1v) is 13.1. The normalized spacial score (nSPS) is 12.6. The molecule has 210 valence electrons. The zero-order valence-corrected chi connectivity index (χ0v) is 23.5. The largest absolute Gasteiger partial charge is 0.496 e. The number of fused-ring (bicyclic) bond motifs is 1. The summed E-state index contributed by atoms with van der Waals surface area (Å²) in [6.07, 6.45) is 5.30. The number of benzene rings is 2. The number of aromatic amines is 1. The molecule has 2 aromatic carbocycles. The average molecular weight is 547 g/mol. The van der Waals surface area contributed by atoms with E-state index >= 15 is 4.39 Å². The maximum absolute atomic E-state index is 15.5. The van der Waals surface area contributed by atoms with Crippen LogP contribution in [-0.2, 0) is 0 Å². The minimum atomic E-state index is -0.686. The maximum atomic E-state index is 15.5. The fourth-order valence-corrected chi connectivity index (χ4v) is 4.67. The van der Waals surface area contributed by atoms with Crippen LogP contribution in [-0.4, -0.2) is 80.1 Å². The number of hydrogen-bond donors (Lipinski definition) is 3. The van der Waals surface area contributed by atoms with Gasteiger partial charge in [0, 0.05) is 61.7 Å². The van der Waals surface area contributed by atoms with Crippen LogP contribution in [0.1, 0.15) is 23.2 Å². The van der Waals surface area contributed by atoms with Crippen molar-refractivity contribution in [1.29, 1.82) is 0 Å². The first kappa shape index (κ1) is 28.6. The van der Waals surface area contributed by atoms with Gasteiger partial charge in [0.1, 0.15) is 17.2 Å². The molecule has 3 amide bonds. The molecule has 0 saturated carbocycles. The summed E-state index contributed by atoms with van der Waals surface area (Å²) in [6.45, 7) is 1.22. The highest BCUT2D eigenvalue weighted by molar-refractivity contribution is 6.05. The average Bonchev–Trinajstić information content (AvgIpc) is 3.64. The molecule has 1 fully saturated rings. The van der Waals surface area contributed by atoms with Gasteiger partial charge in [-0.25, -0.2) is 14.2 Å². The molecule has 40 heavy (non-hydrogen) atoms. The Morgan fingerprint density at radius 3 is 2.42 bits per heavy atom. The van der Waals surface area contributed by atoms with Gasteiger partial charge in [-0.05, 0) is 56.8 Å². The summed E-state index contributed by atoms with van der Waals surface area (Å²) in [5.74, 6) is -0.381. The fourth-order valence-electron chi connectivity index (χ4n) is 4.67. The monoisotopic (exact) mass is 546 g/mol. The highest BCUT2D eigenvalue weighted by Crippen LogP contribution is 2.37. The Balaban J connectivity index is 0.00000118. The molecule has 10 heteroatoms. The van der Waals surface area contributed by atoms with Crippen LogP contribution >= 0.6 is 0 Å². The number of nitrogens with one attached hydrogen (secondary N) is 3. The van der Waals surface area contributed by atoms with Crippen LogP contribution in [0.3, 0.4) is 0 Å². The Morgan fingerprint density at radius 2 is 1.75 bits per heavy atom. The lowest BCUT2D eigenvalue weighted by Crippen LogP contribution is -2.33. The minimum Gasteiger partial charge on any atom is -0.496 e. The van der Waals surface area contributed by atoms with Crippen molar-refractivity contribution in [2.24, 2.45) is 0 Å². The number of rotatable bonds is 5. The first-order valence-electron chi connectivity index (χ1n) is 13.1. The van der Waals surface area contributed by atoms with Gasteiger partial charge < -0.3 is 30.2 Å². The molecule has 4 aromatic rings. The second-order valence-electron chi connectivity index (χ2n) is 9.73. The second-order valence-corrected chi connectivity index (χ2v) is 9.73. The molecular weight excluding hydrogens is 511 g/mol.